The van der Waals surface area contributed by atoms with Crippen molar-refractivity contribution in [1.82, 2.24) is 10.9 Å². The van der Waals surface area contributed by atoms with E-state index in [-0.39, 0.29) is 5.91 Å². The number of carbonyl (C=O) groups excluding carboxylic acids is 1. The fourth-order valence-corrected chi connectivity index (χ4v) is 1.86. The topological polar surface area (TPSA) is 41.1 Å². The van der Waals surface area contributed by atoms with E-state index in [1.165, 1.54) is 10.5 Å². The lowest BCUT2D eigenvalue weighted by Crippen LogP contribution is -2.33. The molecule has 0 saturated carbocycles. The molecule has 0 atom stereocenters. The van der Waals surface area contributed by atoms with Crippen molar-refractivity contribution in [3.63, 3.8) is 0 Å². The minimum Gasteiger partial charge on any atom is -0.292 e. The molecule has 0 bridgehead atoms. The van der Waals surface area contributed by atoms with Crippen LogP contribution in [0.5, 0.6) is 0 Å². The molecule has 0 heterocycles. The van der Waals surface area contributed by atoms with E-state index in [1.54, 1.807) is 18.8 Å². The molecule has 0 aromatic heterocycles. The smallest absolute Gasteiger partial charge is 0.234 e. The molecule has 88 valence electrons. The predicted octanol–water partition coefficient (Wildman–Crippen LogP) is 1.98. The number of rotatable bonds is 6. The molecule has 4 heteroatoms. The van der Waals surface area contributed by atoms with E-state index in [0.717, 1.165) is 12.8 Å². The Morgan fingerprint density at radius 2 is 2.00 bits per heavy atom. The van der Waals surface area contributed by atoms with Crippen LogP contribution in [0.3, 0.4) is 0 Å². The van der Waals surface area contributed by atoms with E-state index in [2.05, 4.69) is 41.4 Å². The highest BCUT2D eigenvalue weighted by Crippen LogP contribution is 2.15. The highest BCUT2D eigenvalue weighted by atomic mass is 32.2. The zero-order chi connectivity index (χ0) is 11.8. The van der Waals surface area contributed by atoms with Crippen molar-refractivity contribution < 1.29 is 4.79 Å². The molecule has 1 rings (SSSR count). The van der Waals surface area contributed by atoms with E-state index in [0.29, 0.717) is 6.42 Å². The van der Waals surface area contributed by atoms with Crippen molar-refractivity contribution in [3.8, 4) is 0 Å². The first-order valence-electron chi connectivity index (χ1n) is 5.34. The van der Waals surface area contributed by atoms with Crippen LogP contribution >= 0.6 is 11.8 Å². The average Bonchev–Trinajstić information content (AvgIpc) is 2.30. The van der Waals surface area contributed by atoms with Gasteiger partial charge in [0.05, 0.1) is 0 Å². The monoisotopic (exact) mass is 238 g/mol. The normalized spacial score (nSPS) is 10.1. The Morgan fingerprint density at radius 1 is 1.31 bits per heavy atom. The number of hydrogen-bond acceptors (Lipinski definition) is 3. The van der Waals surface area contributed by atoms with Crippen molar-refractivity contribution in [2.75, 3.05) is 13.3 Å². The molecule has 0 saturated heterocycles. The summed E-state index contributed by atoms with van der Waals surface area (Å²) < 4.78 is 0. The lowest BCUT2D eigenvalue weighted by molar-refractivity contribution is -0.122. The standard InChI is InChI=1S/C12H18N2OS/c1-13-14-12(15)5-3-4-10-6-8-11(16-2)9-7-10/h6-9,13H,3-5H2,1-2H3,(H,14,15). The van der Waals surface area contributed by atoms with E-state index in [1.807, 2.05) is 0 Å². The number of benzene rings is 1. The van der Waals surface area contributed by atoms with Crippen molar-refractivity contribution in [3.05, 3.63) is 29.8 Å². The Bertz CT molecular complexity index is 324. The van der Waals surface area contributed by atoms with Gasteiger partial charge in [0.25, 0.3) is 0 Å². The Kier molecular flexibility index (Phi) is 5.96. The van der Waals surface area contributed by atoms with Gasteiger partial charge in [-0.3, -0.25) is 10.2 Å². The first-order valence-corrected chi connectivity index (χ1v) is 6.57. The van der Waals surface area contributed by atoms with Gasteiger partial charge in [0.2, 0.25) is 5.91 Å². The average molecular weight is 238 g/mol. The molecule has 16 heavy (non-hydrogen) atoms. The van der Waals surface area contributed by atoms with Crippen LogP contribution in [0, 0.1) is 0 Å². The molecular weight excluding hydrogens is 220 g/mol. The molecule has 1 aromatic rings. The van der Waals surface area contributed by atoms with Gasteiger partial charge in [-0.1, -0.05) is 12.1 Å². The molecule has 1 amide bonds. The highest BCUT2D eigenvalue weighted by molar-refractivity contribution is 7.98. The molecular formula is C12H18N2OS. The molecule has 1 aromatic carbocycles. The van der Waals surface area contributed by atoms with Gasteiger partial charge in [-0.15, -0.1) is 11.8 Å². The third-order valence-corrected chi connectivity index (χ3v) is 3.04. The summed E-state index contributed by atoms with van der Waals surface area (Å²) in [5.74, 6) is 0.0447. The second kappa shape index (κ2) is 7.30. The summed E-state index contributed by atoms with van der Waals surface area (Å²) in [5.41, 5.74) is 6.47. The largest absolute Gasteiger partial charge is 0.292 e. The number of nitrogens with one attached hydrogen (secondary N) is 2. The number of hydrogen-bond donors (Lipinski definition) is 2. The zero-order valence-electron chi connectivity index (χ0n) is 9.75. The van der Waals surface area contributed by atoms with Crippen LogP contribution in [0.1, 0.15) is 18.4 Å². The van der Waals surface area contributed by atoms with Crippen LogP contribution in [-0.2, 0) is 11.2 Å². The molecule has 3 nitrogen and oxygen atoms in total. The van der Waals surface area contributed by atoms with Crippen molar-refractivity contribution in [2.45, 2.75) is 24.2 Å². The van der Waals surface area contributed by atoms with Gasteiger partial charge in [0, 0.05) is 18.4 Å². The molecule has 0 spiro atoms. The van der Waals surface area contributed by atoms with Crippen LogP contribution in [-0.4, -0.2) is 19.2 Å². The van der Waals surface area contributed by atoms with Crippen LogP contribution in [0.4, 0.5) is 0 Å². The Labute approximate surface area is 101 Å². The van der Waals surface area contributed by atoms with E-state index >= 15 is 0 Å². The predicted molar refractivity (Wildman–Crippen MR) is 68.4 cm³/mol. The Balaban J connectivity index is 2.29. The Morgan fingerprint density at radius 3 is 2.56 bits per heavy atom. The molecule has 0 aliphatic rings. The van der Waals surface area contributed by atoms with Crippen molar-refractivity contribution >= 4 is 17.7 Å². The van der Waals surface area contributed by atoms with E-state index < -0.39 is 0 Å². The summed E-state index contributed by atoms with van der Waals surface area (Å²) in [4.78, 5) is 12.4. The first-order chi connectivity index (χ1) is 7.76. The quantitative estimate of drug-likeness (QED) is 0.588. The highest BCUT2D eigenvalue weighted by Gasteiger charge is 2.00. The van der Waals surface area contributed by atoms with Gasteiger partial charge in [-0.2, -0.15) is 0 Å². The zero-order valence-corrected chi connectivity index (χ0v) is 10.6. The van der Waals surface area contributed by atoms with Crippen LogP contribution in [0.15, 0.2) is 29.2 Å². The van der Waals surface area contributed by atoms with Gasteiger partial charge >= 0.3 is 0 Å². The SMILES string of the molecule is CNNC(=O)CCCc1ccc(SC)cc1. The number of thioether (sulfide) groups is 1. The molecule has 2 N–H and O–H groups in total. The summed E-state index contributed by atoms with van der Waals surface area (Å²) in [5, 5.41) is 0. The third kappa shape index (κ3) is 4.68. The summed E-state index contributed by atoms with van der Waals surface area (Å²) in [6, 6.07) is 8.49. The maximum absolute atomic E-state index is 11.2. The lowest BCUT2D eigenvalue weighted by atomic mass is 10.1. The lowest BCUT2D eigenvalue weighted by Gasteiger charge is -2.04. The van der Waals surface area contributed by atoms with Crippen LogP contribution in [0.2, 0.25) is 0 Å². The summed E-state index contributed by atoms with van der Waals surface area (Å²) >= 11 is 1.74. The summed E-state index contributed by atoms with van der Waals surface area (Å²) in [6.45, 7) is 0. The van der Waals surface area contributed by atoms with Crippen LogP contribution < -0.4 is 10.9 Å². The maximum atomic E-state index is 11.2. The molecule has 0 aliphatic carbocycles. The van der Waals surface area contributed by atoms with Gasteiger partial charge in [0.15, 0.2) is 0 Å². The minimum atomic E-state index is 0.0447. The first kappa shape index (κ1) is 13.1. The molecule has 0 aliphatic heterocycles. The second-order valence-electron chi connectivity index (χ2n) is 3.50. The number of carbonyl (C=O) groups is 1. The minimum absolute atomic E-state index is 0.0447. The summed E-state index contributed by atoms with van der Waals surface area (Å²) in [7, 11) is 1.69. The fraction of sp³-hybridized carbons (Fsp3) is 0.417. The van der Waals surface area contributed by atoms with Gasteiger partial charge in [0.1, 0.15) is 0 Å². The van der Waals surface area contributed by atoms with E-state index in [4.69, 9.17) is 0 Å². The molecule has 0 unspecified atom stereocenters. The van der Waals surface area contributed by atoms with Crippen molar-refractivity contribution in [2.24, 2.45) is 0 Å². The number of aryl methyl sites for hydroxylation is 1. The fourth-order valence-electron chi connectivity index (χ4n) is 1.45. The molecule has 0 fully saturated rings. The van der Waals surface area contributed by atoms with Gasteiger partial charge in [-0.05, 0) is 36.8 Å². The van der Waals surface area contributed by atoms with Gasteiger partial charge < -0.3 is 0 Å². The number of amides is 1. The van der Waals surface area contributed by atoms with Gasteiger partial charge in [-0.25, -0.2) is 5.43 Å². The van der Waals surface area contributed by atoms with Crippen LogP contribution in [0.25, 0.3) is 0 Å². The third-order valence-electron chi connectivity index (χ3n) is 2.29. The summed E-state index contributed by atoms with van der Waals surface area (Å²) in [6.07, 6.45) is 4.46. The second-order valence-corrected chi connectivity index (χ2v) is 4.38. The maximum Gasteiger partial charge on any atom is 0.234 e. The van der Waals surface area contributed by atoms with E-state index in [9.17, 15) is 4.79 Å². The Hall–Kier alpha value is -1.00. The van der Waals surface area contributed by atoms with Crippen molar-refractivity contribution in [1.29, 1.82) is 0 Å². The number of hydrazine groups is 1. The molecule has 0 radical (unpaired) electrons.